The lowest BCUT2D eigenvalue weighted by molar-refractivity contribution is -0.127. The normalized spacial score (nSPS) is 14.8. The summed E-state index contributed by atoms with van der Waals surface area (Å²) >= 11 is 0. The van der Waals surface area contributed by atoms with Crippen molar-refractivity contribution in [3.05, 3.63) is 0 Å². The number of halogens is 1. The molecule has 1 aliphatic rings. The molecule has 7 heteroatoms. The first-order chi connectivity index (χ1) is 10.8. The smallest absolute Gasteiger partial charge is 0.222 e. The van der Waals surface area contributed by atoms with E-state index in [1.807, 2.05) is 4.90 Å². The standard InChI is InChI=1S/C16H32N4O2.HI/c1-3-5-13-22-14-10-19-16(17-4-2)18-9-7-12-20-11-6-8-15(20)21;/h3-14H2,1-2H3,(H2,17,18,19);1H. The molecule has 0 aliphatic carbocycles. The maximum absolute atomic E-state index is 11.5. The molecule has 6 nitrogen and oxygen atoms in total. The Morgan fingerprint density at radius 1 is 1.26 bits per heavy atom. The van der Waals surface area contributed by atoms with Crippen molar-refractivity contribution in [1.29, 1.82) is 0 Å². The maximum Gasteiger partial charge on any atom is 0.222 e. The summed E-state index contributed by atoms with van der Waals surface area (Å²) in [7, 11) is 0. The van der Waals surface area contributed by atoms with Crippen LogP contribution in [0.5, 0.6) is 0 Å². The number of carbonyl (C=O) groups is 1. The van der Waals surface area contributed by atoms with Crippen LogP contribution in [0.4, 0.5) is 0 Å². The molecule has 1 rings (SSSR count). The van der Waals surface area contributed by atoms with Crippen LogP contribution in [0, 0.1) is 0 Å². The van der Waals surface area contributed by atoms with E-state index in [0.717, 1.165) is 71.0 Å². The van der Waals surface area contributed by atoms with Crippen molar-refractivity contribution in [3.63, 3.8) is 0 Å². The summed E-state index contributed by atoms with van der Waals surface area (Å²) in [5.41, 5.74) is 0. The molecule has 0 aromatic carbocycles. The summed E-state index contributed by atoms with van der Waals surface area (Å²) in [6, 6.07) is 0. The van der Waals surface area contributed by atoms with Gasteiger partial charge in [-0.15, -0.1) is 24.0 Å². The van der Waals surface area contributed by atoms with Crippen molar-refractivity contribution >= 4 is 35.8 Å². The van der Waals surface area contributed by atoms with Crippen LogP contribution >= 0.6 is 24.0 Å². The number of aliphatic imine (C=N–C) groups is 1. The minimum atomic E-state index is 0. The highest BCUT2D eigenvalue weighted by Crippen LogP contribution is 2.09. The predicted octanol–water partition coefficient (Wildman–Crippen LogP) is 1.99. The van der Waals surface area contributed by atoms with Crippen LogP contribution < -0.4 is 10.6 Å². The molecule has 2 N–H and O–H groups in total. The Labute approximate surface area is 157 Å². The van der Waals surface area contributed by atoms with Gasteiger partial charge >= 0.3 is 0 Å². The van der Waals surface area contributed by atoms with E-state index in [1.54, 1.807) is 0 Å². The number of ether oxygens (including phenoxy) is 1. The van der Waals surface area contributed by atoms with Gasteiger partial charge in [-0.2, -0.15) is 0 Å². The van der Waals surface area contributed by atoms with Gasteiger partial charge in [-0.05, 0) is 26.2 Å². The third-order valence-corrected chi connectivity index (χ3v) is 3.55. The predicted molar refractivity (Wildman–Crippen MR) is 106 cm³/mol. The van der Waals surface area contributed by atoms with Crippen molar-refractivity contribution in [2.24, 2.45) is 4.99 Å². The Hall–Kier alpha value is -0.570. The highest BCUT2D eigenvalue weighted by molar-refractivity contribution is 14.0. The van der Waals surface area contributed by atoms with Gasteiger partial charge in [0.2, 0.25) is 5.91 Å². The monoisotopic (exact) mass is 440 g/mol. The number of nitrogens with zero attached hydrogens (tertiary/aromatic N) is 2. The lowest BCUT2D eigenvalue weighted by Gasteiger charge is -2.15. The van der Waals surface area contributed by atoms with Crippen molar-refractivity contribution in [2.45, 2.75) is 46.0 Å². The van der Waals surface area contributed by atoms with Gasteiger partial charge in [0, 0.05) is 45.8 Å². The lowest BCUT2D eigenvalue weighted by Crippen LogP contribution is -2.39. The molecule has 0 aromatic rings. The first-order valence-electron chi connectivity index (χ1n) is 8.65. The first kappa shape index (κ1) is 22.4. The summed E-state index contributed by atoms with van der Waals surface area (Å²) in [6.45, 7) is 9.81. The van der Waals surface area contributed by atoms with Crippen molar-refractivity contribution in [2.75, 3.05) is 45.9 Å². The Bertz CT molecular complexity index is 340. The SMILES string of the molecule is CCCCOCCNC(=NCCCN1CCCC1=O)NCC.I. The third kappa shape index (κ3) is 10.8. The summed E-state index contributed by atoms with van der Waals surface area (Å²) < 4.78 is 5.52. The quantitative estimate of drug-likeness (QED) is 0.223. The van der Waals surface area contributed by atoms with Gasteiger partial charge in [0.25, 0.3) is 0 Å². The molecule has 0 atom stereocenters. The van der Waals surface area contributed by atoms with Crippen LogP contribution in [0.1, 0.15) is 46.0 Å². The average Bonchev–Trinajstić information content (AvgIpc) is 2.92. The maximum atomic E-state index is 11.5. The number of hydrogen-bond donors (Lipinski definition) is 2. The fourth-order valence-electron chi connectivity index (χ4n) is 2.32. The largest absolute Gasteiger partial charge is 0.380 e. The molecule has 0 bridgehead atoms. The van der Waals surface area contributed by atoms with E-state index in [4.69, 9.17) is 4.74 Å². The Balaban J connectivity index is 0.00000484. The van der Waals surface area contributed by atoms with Crippen LogP contribution in [0.2, 0.25) is 0 Å². The van der Waals surface area contributed by atoms with Crippen LogP contribution in [0.15, 0.2) is 4.99 Å². The molecule has 0 aromatic heterocycles. The highest BCUT2D eigenvalue weighted by Gasteiger charge is 2.18. The molecule has 0 spiro atoms. The molecule has 1 heterocycles. The first-order valence-corrected chi connectivity index (χ1v) is 8.65. The number of likely N-dealkylation sites (tertiary alicyclic amines) is 1. The fourth-order valence-corrected chi connectivity index (χ4v) is 2.32. The number of unbranched alkanes of at least 4 members (excludes halogenated alkanes) is 1. The van der Waals surface area contributed by atoms with E-state index in [-0.39, 0.29) is 24.0 Å². The molecule has 1 saturated heterocycles. The van der Waals surface area contributed by atoms with Crippen LogP contribution in [0.25, 0.3) is 0 Å². The van der Waals surface area contributed by atoms with Gasteiger partial charge in [0.05, 0.1) is 6.61 Å². The Kier molecular flexibility index (Phi) is 14.6. The second-order valence-electron chi connectivity index (χ2n) is 5.49. The number of guanidine groups is 1. The number of carbonyl (C=O) groups excluding carboxylic acids is 1. The van der Waals surface area contributed by atoms with Crippen LogP contribution in [0.3, 0.4) is 0 Å². The molecule has 23 heavy (non-hydrogen) atoms. The molecule has 0 saturated carbocycles. The van der Waals surface area contributed by atoms with Crippen molar-refractivity contribution < 1.29 is 9.53 Å². The zero-order valence-electron chi connectivity index (χ0n) is 14.6. The topological polar surface area (TPSA) is 66.0 Å². The van der Waals surface area contributed by atoms with Gasteiger partial charge in [-0.1, -0.05) is 13.3 Å². The minimum absolute atomic E-state index is 0. The minimum Gasteiger partial charge on any atom is -0.380 e. The van der Waals surface area contributed by atoms with Crippen LogP contribution in [-0.2, 0) is 9.53 Å². The molecule has 136 valence electrons. The van der Waals surface area contributed by atoms with E-state index in [0.29, 0.717) is 18.9 Å². The zero-order chi connectivity index (χ0) is 16.0. The second kappa shape index (κ2) is 15.0. The zero-order valence-corrected chi connectivity index (χ0v) is 16.9. The summed E-state index contributed by atoms with van der Waals surface area (Å²) in [4.78, 5) is 18.0. The van der Waals surface area contributed by atoms with Crippen LogP contribution in [-0.4, -0.2) is 62.7 Å². The molecule has 1 aliphatic heterocycles. The van der Waals surface area contributed by atoms with Gasteiger partial charge in [0.1, 0.15) is 0 Å². The van der Waals surface area contributed by atoms with E-state index in [9.17, 15) is 4.79 Å². The second-order valence-corrected chi connectivity index (χ2v) is 5.49. The average molecular weight is 440 g/mol. The van der Waals surface area contributed by atoms with Gasteiger partial charge < -0.3 is 20.3 Å². The molecule has 0 radical (unpaired) electrons. The van der Waals surface area contributed by atoms with E-state index in [2.05, 4.69) is 29.5 Å². The van der Waals surface area contributed by atoms with Gasteiger partial charge in [0.15, 0.2) is 5.96 Å². The van der Waals surface area contributed by atoms with Crippen molar-refractivity contribution in [3.8, 4) is 0 Å². The number of amides is 1. The Morgan fingerprint density at radius 3 is 2.74 bits per heavy atom. The van der Waals surface area contributed by atoms with E-state index in [1.165, 1.54) is 0 Å². The molecule has 1 fully saturated rings. The lowest BCUT2D eigenvalue weighted by atomic mass is 10.4. The summed E-state index contributed by atoms with van der Waals surface area (Å²) in [6.07, 6.45) is 4.91. The molecule has 0 unspecified atom stereocenters. The number of nitrogens with one attached hydrogen (secondary N) is 2. The van der Waals surface area contributed by atoms with E-state index >= 15 is 0 Å². The summed E-state index contributed by atoms with van der Waals surface area (Å²) in [5.74, 6) is 1.12. The summed E-state index contributed by atoms with van der Waals surface area (Å²) in [5, 5.41) is 6.49. The molecule has 1 amide bonds. The number of hydrogen-bond acceptors (Lipinski definition) is 3. The highest BCUT2D eigenvalue weighted by atomic mass is 127. The fraction of sp³-hybridized carbons (Fsp3) is 0.875. The third-order valence-electron chi connectivity index (χ3n) is 3.55. The Morgan fingerprint density at radius 2 is 2.09 bits per heavy atom. The van der Waals surface area contributed by atoms with Gasteiger partial charge in [-0.25, -0.2) is 0 Å². The van der Waals surface area contributed by atoms with Crippen molar-refractivity contribution in [1.82, 2.24) is 15.5 Å². The molecular weight excluding hydrogens is 407 g/mol. The molecular formula is C16H33IN4O2. The van der Waals surface area contributed by atoms with E-state index < -0.39 is 0 Å². The number of rotatable bonds is 11. The van der Waals surface area contributed by atoms with Gasteiger partial charge in [-0.3, -0.25) is 9.79 Å².